The predicted octanol–water partition coefficient (Wildman–Crippen LogP) is 2.61. The summed E-state index contributed by atoms with van der Waals surface area (Å²) in [4.78, 5) is 8.21. The molecule has 0 fully saturated rings. The van der Waals surface area contributed by atoms with Crippen LogP contribution in [0, 0.1) is 13.8 Å². The van der Waals surface area contributed by atoms with E-state index in [0.29, 0.717) is 36.1 Å². The van der Waals surface area contributed by atoms with Crippen LogP contribution in [0.15, 0.2) is 29.4 Å². The molecule has 0 spiro atoms. The number of para-hydroxylation sites is 1. The molecule has 0 radical (unpaired) electrons. The summed E-state index contributed by atoms with van der Waals surface area (Å²) >= 11 is 6.24. The van der Waals surface area contributed by atoms with Gasteiger partial charge in [-0.3, -0.25) is 4.72 Å². The number of aryl methyl sites for hydroxylation is 2. The highest BCUT2D eigenvalue weighted by atomic mass is 35.5. The molecule has 3 rings (SSSR count). The fourth-order valence-electron chi connectivity index (χ4n) is 2.76. The second kappa shape index (κ2) is 8.29. The van der Waals surface area contributed by atoms with Gasteiger partial charge in [0.25, 0.3) is 15.8 Å². The summed E-state index contributed by atoms with van der Waals surface area (Å²) in [5.74, 6) is 0.632. The minimum Gasteiger partial charge on any atom is -0.489 e. The average Bonchev–Trinajstić information content (AvgIpc) is 3.09. The van der Waals surface area contributed by atoms with Crippen molar-refractivity contribution in [1.29, 1.82) is 0 Å². The molecule has 0 amide bonds. The Morgan fingerprint density at radius 1 is 1.25 bits per heavy atom. The Bertz CT molecular complexity index is 1100. The second-order valence-electron chi connectivity index (χ2n) is 5.85. The topological polar surface area (TPSA) is 108 Å². The van der Waals surface area contributed by atoms with Crippen molar-refractivity contribution in [1.82, 2.24) is 19.6 Å². The van der Waals surface area contributed by atoms with Gasteiger partial charge >= 0.3 is 0 Å². The number of benzene rings is 1. The van der Waals surface area contributed by atoms with Crippen molar-refractivity contribution >= 4 is 33.1 Å². The molecule has 2 aromatic heterocycles. The van der Waals surface area contributed by atoms with Gasteiger partial charge < -0.3 is 9.47 Å². The van der Waals surface area contributed by atoms with Crippen LogP contribution in [-0.4, -0.2) is 47.8 Å². The first kappa shape index (κ1) is 20.3. The van der Waals surface area contributed by atoms with Crippen molar-refractivity contribution in [2.75, 3.05) is 24.5 Å². The van der Waals surface area contributed by atoms with Gasteiger partial charge in [-0.15, -0.1) is 0 Å². The number of ether oxygens (including phenoxy) is 2. The maximum Gasteiger partial charge on any atom is 0.265 e. The summed E-state index contributed by atoms with van der Waals surface area (Å²) in [6.45, 7) is 6.31. The molecule has 0 unspecified atom stereocenters. The number of hydrogen-bond donors (Lipinski definition) is 1. The highest BCUT2D eigenvalue weighted by molar-refractivity contribution is 7.92. The third-order valence-electron chi connectivity index (χ3n) is 3.94. The lowest BCUT2D eigenvalue weighted by molar-refractivity contribution is 0.110. The molecule has 150 valence electrons. The van der Waals surface area contributed by atoms with E-state index in [9.17, 15) is 8.42 Å². The van der Waals surface area contributed by atoms with Gasteiger partial charge in [0.15, 0.2) is 0 Å². The summed E-state index contributed by atoms with van der Waals surface area (Å²) in [7, 11) is -4.02. The van der Waals surface area contributed by atoms with Crippen LogP contribution in [0.5, 0.6) is 5.75 Å². The molecule has 0 aliphatic rings. The normalized spacial score (nSPS) is 11.7. The van der Waals surface area contributed by atoms with Crippen molar-refractivity contribution in [2.45, 2.75) is 25.7 Å². The van der Waals surface area contributed by atoms with Gasteiger partial charge in [0.1, 0.15) is 29.3 Å². The van der Waals surface area contributed by atoms with Gasteiger partial charge in [0.05, 0.1) is 23.0 Å². The van der Waals surface area contributed by atoms with E-state index in [2.05, 4.69) is 19.8 Å². The molecule has 3 aromatic rings. The van der Waals surface area contributed by atoms with E-state index < -0.39 is 10.0 Å². The fourth-order valence-corrected chi connectivity index (χ4v) is 4.52. The van der Waals surface area contributed by atoms with E-state index in [4.69, 9.17) is 21.1 Å². The van der Waals surface area contributed by atoms with E-state index in [0.717, 1.165) is 0 Å². The molecule has 9 nitrogen and oxygen atoms in total. The predicted molar refractivity (Wildman–Crippen MR) is 105 cm³/mol. The van der Waals surface area contributed by atoms with Crippen LogP contribution in [0.4, 0.5) is 5.69 Å². The Balaban J connectivity index is 1.97. The van der Waals surface area contributed by atoms with Crippen molar-refractivity contribution in [3.8, 4) is 5.75 Å². The number of sulfonamides is 1. The molecule has 1 N–H and O–H groups in total. The molecule has 0 atom stereocenters. The van der Waals surface area contributed by atoms with Crippen LogP contribution >= 0.6 is 11.6 Å². The minimum atomic E-state index is -4.02. The second-order valence-corrected chi connectivity index (χ2v) is 7.87. The number of nitrogens with zero attached hydrogens (tertiary/aromatic N) is 4. The van der Waals surface area contributed by atoms with Crippen molar-refractivity contribution in [3.05, 3.63) is 40.9 Å². The van der Waals surface area contributed by atoms with Gasteiger partial charge in [-0.2, -0.15) is 10.1 Å². The summed E-state index contributed by atoms with van der Waals surface area (Å²) in [6, 6.07) is 4.89. The van der Waals surface area contributed by atoms with Gasteiger partial charge in [-0.1, -0.05) is 17.7 Å². The van der Waals surface area contributed by atoms with E-state index in [1.807, 2.05) is 6.92 Å². The molecule has 28 heavy (non-hydrogen) atoms. The lowest BCUT2D eigenvalue weighted by Crippen LogP contribution is -2.19. The monoisotopic (exact) mass is 425 g/mol. The molecule has 0 aliphatic carbocycles. The first-order valence-electron chi connectivity index (χ1n) is 8.54. The Hall–Kier alpha value is -2.43. The molecule has 1 aromatic carbocycles. The summed E-state index contributed by atoms with van der Waals surface area (Å²) < 4.78 is 41.0. The Kier molecular flexibility index (Phi) is 6.01. The summed E-state index contributed by atoms with van der Waals surface area (Å²) in [6.07, 6.45) is 1.32. The van der Waals surface area contributed by atoms with Crippen molar-refractivity contribution in [3.63, 3.8) is 0 Å². The number of fused-ring (bicyclic) bond motifs is 1. The number of anilines is 1. The Morgan fingerprint density at radius 3 is 2.79 bits per heavy atom. The molecular weight excluding hydrogens is 406 g/mol. The van der Waals surface area contributed by atoms with Gasteiger partial charge in [-0.25, -0.2) is 17.9 Å². The minimum absolute atomic E-state index is 0.00526. The van der Waals surface area contributed by atoms with Crippen molar-refractivity contribution < 1.29 is 17.9 Å². The number of aromatic nitrogens is 4. The highest BCUT2D eigenvalue weighted by Crippen LogP contribution is 2.35. The SMILES string of the molecule is CCOCCOc1cccc(Cl)c1NS(=O)(=O)c1c(C)nc2ncnn2c1C. The zero-order valence-electron chi connectivity index (χ0n) is 15.6. The molecule has 0 bridgehead atoms. The average molecular weight is 426 g/mol. The van der Waals surface area contributed by atoms with Crippen LogP contribution in [-0.2, 0) is 14.8 Å². The van der Waals surface area contributed by atoms with Gasteiger partial charge in [0, 0.05) is 6.61 Å². The molecule has 0 saturated heterocycles. The molecule has 0 aliphatic heterocycles. The van der Waals surface area contributed by atoms with E-state index >= 15 is 0 Å². The van der Waals surface area contributed by atoms with Gasteiger partial charge in [-0.05, 0) is 32.9 Å². The van der Waals surface area contributed by atoms with Crippen LogP contribution < -0.4 is 9.46 Å². The first-order chi connectivity index (χ1) is 13.3. The first-order valence-corrected chi connectivity index (χ1v) is 10.4. The molecule has 2 heterocycles. The highest BCUT2D eigenvalue weighted by Gasteiger charge is 2.26. The number of halogens is 1. The zero-order chi connectivity index (χ0) is 20.3. The number of rotatable bonds is 8. The Labute approximate surface area is 167 Å². The summed E-state index contributed by atoms with van der Waals surface area (Å²) in [5, 5.41) is 4.23. The Morgan fingerprint density at radius 2 is 2.04 bits per heavy atom. The molecular formula is C17H20ClN5O4S. The summed E-state index contributed by atoms with van der Waals surface area (Å²) in [5.41, 5.74) is 0.841. The van der Waals surface area contributed by atoms with Crippen LogP contribution in [0.3, 0.4) is 0 Å². The third-order valence-corrected chi connectivity index (χ3v) is 5.86. The maximum atomic E-state index is 13.1. The van der Waals surface area contributed by atoms with Gasteiger partial charge in [0.2, 0.25) is 0 Å². The maximum absolute atomic E-state index is 13.1. The zero-order valence-corrected chi connectivity index (χ0v) is 17.2. The number of hydrogen-bond acceptors (Lipinski definition) is 7. The quantitative estimate of drug-likeness (QED) is 0.552. The smallest absolute Gasteiger partial charge is 0.265 e. The third kappa shape index (κ3) is 4.03. The van der Waals surface area contributed by atoms with E-state index in [1.54, 1.807) is 32.0 Å². The lowest BCUT2D eigenvalue weighted by Gasteiger charge is -2.17. The van der Waals surface area contributed by atoms with Crippen LogP contribution in [0.2, 0.25) is 5.02 Å². The number of nitrogens with one attached hydrogen (secondary N) is 1. The lowest BCUT2D eigenvalue weighted by atomic mass is 10.3. The standard InChI is InChI=1S/C17H20ClN5O4S/c1-4-26-8-9-27-14-7-5-6-13(18)15(14)22-28(24,25)16-11(2)21-17-19-10-20-23(17)12(16)3/h5-7,10,22H,4,8-9H2,1-3H3. The van der Waals surface area contributed by atoms with Crippen LogP contribution in [0.1, 0.15) is 18.3 Å². The van der Waals surface area contributed by atoms with E-state index in [-0.39, 0.29) is 22.2 Å². The van der Waals surface area contributed by atoms with Crippen molar-refractivity contribution in [2.24, 2.45) is 0 Å². The fraction of sp³-hybridized carbons (Fsp3) is 0.353. The molecule has 0 saturated carbocycles. The van der Waals surface area contributed by atoms with E-state index in [1.165, 1.54) is 10.8 Å². The van der Waals surface area contributed by atoms with Crippen LogP contribution in [0.25, 0.3) is 5.78 Å². The molecule has 11 heteroatoms. The largest absolute Gasteiger partial charge is 0.489 e.